The van der Waals surface area contributed by atoms with Gasteiger partial charge in [-0.05, 0) is 17.7 Å². The van der Waals surface area contributed by atoms with Gasteiger partial charge in [-0.2, -0.15) is 0 Å². The molecule has 5 heteroatoms. The van der Waals surface area contributed by atoms with E-state index >= 15 is 0 Å². The second kappa shape index (κ2) is 6.02. The van der Waals surface area contributed by atoms with Crippen LogP contribution in [0.15, 0.2) is 48.5 Å². The van der Waals surface area contributed by atoms with E-state index in [4.69, 9.17) is 14.2 Å². The lowest BCUT2D eigenvalue weighted by Crippen LogP contribution is -2.54. The van der Waals surface area contributed by atoms with Gasteiger partial charge in [0.05, 0.1) is 6.61 Å². The molecule has 1 fully saturated rings. The van der Waals surface area contributed by atoms with Crippen LogP contribution in [-0.4, -0.2) is 35.8 Å². The van der Waals surface area contributed by atoms with Gasteiger partial charge in [-0.3, -0.25) is 4.79 Å². The van der Waals surface area contributed by atoms with E-state index < -0.39 is 11.9 Å². The third-order valence-corrected chi connectivity index (χ3v) is 5.52. The van der Waals surface area contributed by atoms with Gasteiger partial charge in [0.1, 0.15) is 11.5 Å². The molecule has 26 heavy (non-hydrogen) atoms. The van der Waals surface area contributed by atoms with Crippen molar-refractivity contribution in [2.24, 2.45) is 0 Å². The third-order valence-electron chi connectivity index (χ3n) is 5.52. The number of piperidine rings is 1. The number of hydrogen-bond acceptors (Lipinski definition) is 4. The summed E-state index contributed by atoms with van der Waals surface area (Å²) in [6.07, 6.45) is 1.59. The number of amides is 1. The van der Waals surface area contributed by atoms with Gasteiger partial charge >= 0.3 is 0 Å². The van der Waals surface area contributed by atoms with Gasteiger partial charge in [0.2, 0.25) is 5.79 Å². The average molecular weight is 351 g/mol. The van der Waals surface area contributed by atoms with Crippen molar-refractivity contribution in [3.05, 3.63) is 59.7 Å². The zero-order valence-electron chi connectivity index (χ0n) is 14.5. The molecule has 1 saturated heterocycles. The molecule has 1 amide bonds. The Bertz CT molecular complexity index is 816. The molecular formula is C21H21NO4. The molecule has 2 aromatic rings. The summed E-state index contributed by atoms with van der Waals surface area (Å²) < 4.78 is 18.1. The molecule has 0 saturated carbocycles. The van der Waals surface area contributed by atoms with E-state index in [-0.39, 0.29) is 5.91 Å². The first-order valence-electron chi connectivity index (χ1n) is 9.17. The summed E-state index contributed by atoms with van der Waals surface area (Å²) in [7, 11) is 0. The Morgan fingerprint density at radius 2 is 1.65 bits per heavy atom. The fourth-order valence-electron chi connectivity index (χ4n) is 4.00. The van der Waals surface area contributed by atoms with Crippen LogP contribution in [0.2, 0.25) is 0 Å². The number of fused-ring (bicyclic) bond motifs is 2. The van der Waals surface area contributed by atoms with Gasteiger partial charge in [-0.15, -0.1) is 0 Å². The monoisotopic (exact) mass is 351 g/mol. The lowest BCUT2D eigenvalue weighted by atomic mass is 10.0. The topological polar surface area (TPSA) is 48.0 Å². The molecule has 3 aliphatic rings. The van der Waals surface area contributed by atoms with Crippen molar-refractivity contribution in [2.45, 2.75) is 37.8 Å². The Morgan fingerprint density at radius 3 is 2.42 bits per heavy atom. The molecule has 134 valence electrons. The molecule has 3 heterocycles. The van der Waals surface area contributed by atoms with Gasteiger partial charge in [0, 0.05) is 37.9 Å². The molecule has 0 aliphatic carbocycles. The highest BCUT2D eigenvalue weighted by Gasteiger charge is 2.43. The van der Waals surface area contributed by atoms with Crippen molar-refractivity contribution < 1.29 is 19.0 Å². The Balaban J connectivity index is 1.23. The second-order valence-corrected chi connectivity index (χ2v) is 7.15. The first-order valence-corrected chi connectivity index (χ1v) is 9.17. The van der Waals surface area contributed by atoms with E-state index in [1.165, 1.54) is 0 Å². The van der Waals surface area contributed by atoms with Gasteiger partial charge in [-0.1, -0.05) is 36.4 Å². The zero-order valence-corrected chi connectivity index (χ0v) is 14.5. The summed E-state index contributed by atoms with van der Waals surface area (Å²) in [4.78, 5) is 14.7. The lowest BCUT2D eigenvalue weighted by Gasteiger charge is -2.44. The molecule has 5 rings (SSSR count). The van der Waals surface area contributed by atoms with Crippen LogP contribution in [0.3, 0.4) is 0 Å². The average Bonchev–Trinajstić information content (AvgIpc) is 3.12. The molecule has 1 atom stereocenters. The van der Waals surface area contributed by atoms with Gasteiger partial charge in [-0.25, -0.2) is 0 Å². The predicted octanol–water partition coefficient (Wildman–Crippen LogP) is 2.92. The SMILES string of the molecule is O=C(C1Cc2ccccc2O1)N1CCC2(CC1)OCc1ccccc1O2. The highest BCUT2D eigenvalue weighted by Crippen LogP contribution is 2.38. The number of carbonyl (C=O) groups excluding carboxylic acids is 1. The van der Waals surface area contributed by atoms with Gasteiger partial charge in [0.15, 0.2) is 6.10 Å². The van der Waals surface area contributed by atoms with Crippen LogP contribution in [0.25, 0.3) is 0 Å². The van der Waals surface area contributed by atoms with Crippen LogP contribution in [0.1, 0.15) is 24.0 Å². The van der Waals surface area contributed by atoms with Crippen LogP contribution < -0.4 is 9.47 Å². The summed E-state index contributed by atoms with van der Waals surface area (Å²) in [6.45, 7) is 1.81. The Morgan fingerprint density at radius 1 is 0.962 bits per heavy atom. The predicted molar refractivity (Wildman–Crippen MR) is 95.0 cm³/mol. The Kier molecular flexibility index (Phi) is 3.64. The molecule has 1 spiro atoms. The van der Waals surface area contributed by atoms with E-state index in [0.717, 1.165) is 22.6 Å². The molecular weight excluding hydrogens is 330 g/mol. The minimum Gasteiger partial charge on any atom is -0.480 e. The summed E-state index contributed by atoms with van der Waals surface area (Å²) in [5.74, 6) is 1.18. The largest absolute Gasteiger partial charge is 0.480 e. The fourth-order valence-corrected chi connectivity index (χ4v) is 4.00. The van der Waals surface area contributed by atoms with Crippen molar-refractivity contribution in [3.8, 4) is 11.5 Å². The number of nitrogens with zero attached hydrogens (tertiary/aromatic N) is 1. The minimum absolute atomic E-state index is 0.0623. The standard InChI is InChI=1S/C21H21NO4/c23-20(19-13-15-5-1-3-7-17(15)25-19)22-11-9-21(10-12-22)24-14-16-6-2-4-8-18(16)26-21/h1-8,19H,9-14H2. The summed E-state index contributed by atoms with van der Waals surface area (Å²) >= 11 is 0. The van der Waals surface area contributed by atoms with E-state index in [0.29, 0.717) is 39.0 Å². The zero-order chi connectivity index (χ0) is 17.6. The van der Waals surface area contributed by atoms with Crippen molar-refractivity contribution in [2.75, 3.05) is 13.1 Å². The number of carbonyl (C=O) groups is 1. The Hall–Kier alpha value is -2.53. The van der Waals surface area contributed by atoms with E-state index in [1.54, 1.807) is 0 Å². The summed E-state index contributed by atoms with van der Waals surface area (Å²) in [6, 6.07) is 15.8. The van der Waals surface area contributed by atoms with Crippen molar-refractivity contribution in [1.29, 1.82) is 0 Å². The molecule has 5 nitrogen and oxygen atoms in total. The van der Waals surface area contributed by atoms with Crippen molar-refractivity contribution in [3.63, 3.8) is 0 Å². The highest BCUT2D eigenvalue weighted by molar-refractivity contribution is 5.82. The normalized spacial score (nSPS) is 22.9. The molecule has 0 bridgehead atoms. The van der Waals surface area contributed by atoms with Crippen LogP contribution in [0, 0.1) is 0 Å². The molecule has 2 aromatic carbocycles. The highest BCUT2D eigenvalue weighted by atomic mass is 16.7. The number of likely N-dealkylation sites (tertiary alicyclic amines) is 1. The molecule has 3 aliphatic heterocycles. The quantitative estimate of drug-likeness (QED) is 0.793. The number of rotatable bonds is 1. The van der Waals surface area contributed by atoms with Crippen LogP contribution in [-0.2, 0) is 22.6 Å². The summed E-state index contributed by atoms with van der Waals surface area (Å²) in [5.41, 5.74) is 2.18. The lowest BCUT2D eigenvalue weighted by molar-refractivity contribution is -0.228. The molecule has 0 N–H and O–H groups in total. The van der Waals surface area contributed by atoms with Gasteiger partial charge < -0.3 is 19.1 Å². The first kappa shape index (κ1) is 15.7. The van der Waals surface area contributed by atoms with E-state index in [9.17, 15) is 4.79 Å². The number of benzene rings is 2. The van der Waals surface area contributed by atoms with Crippen molar-refractivity contribution in [1.82, 2.24) is 4.90 Å². The van der Waals surface area contributed by atoms with Crippen LogP contribution in [0.5, 0.6) is 11.5 Å². The van der Waals surface area contributed by atoms with Crippen LogP contribution in [0.4, 0.5) is 0 Å². The van der Waals surface area contributed by atoms with Gasteiger partial charge in [0.25, 0.3) is 5.91 Å². The Labute approximate surface area is 152 Å². The maximum Gasteiger partial charge on any atom is 0.264 e. The maximum atomic E-state index is 12.9. The van der Waals surface area contributed by atoms with E-state index in [1.807, 2.05) is 53.4 Å². The molecule has 1 unspecified atom stereocenters. The summed E-state index contributed by atoms with van der Waals surface area (Å²) in [5, 5.41) is 0. The minimum atomic E-state index is -0.607. The van der Waals surface area contributed by atoms with E-state index in [2.05, 4.69) is 0 Å². The smallest absolute Gasteiger partial charge is 0.264 e. The van der Waals surface area contributed by atoms with Crippen LogP contribution >= 0.6 is 0 Å². The maximum absolute atomic E-state index is 12.9. The first-order chi connectivity index (χ1) is 12.7. The number of hydrogen-bond donors (Lipinski definition) is 0. The third kappa shape index (κ3) is 2.63. The number of para-hydroxylation sites is 2. The second-order valence-electron chi connectivity index (χ2n) is 7.15. The molecule has 0 radical (unpaired) electrons. The fraction of sp³-hybridized carbons (Fsp3) is 0.381. The van der Waals surface area contributed by atoms with Crippen molar-refractivity contribution >= 4 is 5.91 Å². The number of ether oxygens (including phenoxy) is 3. The molecule has 0 aromatic heterocycles.